The molecular formula is C9H10N2O2S. The van der Waals surface area contributed by atoms with Crippen molar-refractivity contribution in [3.8, 4) is 0 Å². The molecule has 1 aromatic rings. The first-order valence-electron chi connectivity index (χ1n) is 3.85. The summed E-state index contributed by atoms with van der Waals surface area (Å²) < 4.78 is 0. The van der Waals surface area contributed by atoms with E-state index < -0.39 is 5.97 Å². The van der Waals surface area contributed by atoms with E-state index in [2.05, 4.69) is 11.6 Å². The number of pyridine rings is 1. The number of hydrogen-bond acceptors (Lipinski definition) is 4. The van der Waals surface area contributed by atoms with Gasteiger partial charge in [-0.3, -0.25) is 0 Å². The number of nitrogens with two attached hydrogens (primary N) is 1. The number of nitrogen functional groups attached to an aromatic ring is 1. The molecular weight excluding hydrogens is 200 g/mol. The van der Waals surface area contributed by atoms with Gasteiger partial charge in [-0.2, -0.15) is 0 Å². The number of carbonyl (C=O) groups is 1. The highest BCUT2D eigenvalue weighted by molar-refractivity contribution is 7.99. The number of aromatic nitrogens is 1. The summed E-state index contributed by atoms with van der Waals surface area (Å²) in [6, 6.07) is 3.47. The molecule has 74 valence electrons. The van der Waals surface area contributed by atoms with E-state index in [0.29, 0.717) is 11.4 Å². The van der Waals surface area contributed by atoms with E-state index in [9.17, 15) is 4.79 Å². The predicted molar refractivity (Wildman–Crippen MR) is 56.1 cm³/mol. The Balaban J connectivity index is 2.50. The molecule has 0 aliphatic rings. The molecule has 0 saturated carbocycles. The van der Waals surface area contributed by atoms with Gasteiger partial charge in [-0.15, -0.1) is 11.8 Å². The monoisotopic (exact) mass is 210 g/mol. The summed E-state index contributed by atoms with van der Waals surface area (Å²) in [5.74, 6) is -0.653. The van der Waals surface area contributed by atoms with Gasteiger partial charge < -0.3 is 10.8 Å². The topological polar surface area (TPSA) is 76.2 Å². The lowest BCUT2D eigenvalue weighted by molar-refractivity contribution is -0.132. The van der Waals surface area contributed by atoms with Crippen LogP contribution >= 0.6 is 11.8 Å². The van der Waals surface area contributed by atoms with E-state index in [4.69, 9.17) is 10.8 Å². The highest BCUT2D eigenvalue weighted by Gasteiger charge is 2.04. The van der Waals surface area contributed by atoms with Crippen molar-refractivity contribution in [1.29, 1.82) is 0 Å². The molecule has 1 heterocycles. The SMILES string of the molecule is C=C(CSc1ccc(N)cn1)C(=O)O. The molecule has 1 aromatic heterocycles. The zero-order valence-electron chi connectivity index (χ0n) is 7.43. The third-order valence-electron chi connectivity index (χ3n) is 1.46. The molecule has 0 aliphatic heterocycles. The largest absolute Gasteiger partial charge is 0.478 e. The van der Waals surface area contributed by atoms with Crippen LogP contribution in [-0.2, 0) is 4.79 Å². The number of aliphatic carboxylic acids is 1. The van der Waals surface area contributed by atoms with E-state index in [0.717, 1.165) is 5.03 Å². The Kier molecular flexibility index (Phi) is 3.53. The number of hydrogen-bond donors (Lipinski definition) is 2. The standard InChI is InChI=1S/C9H10N2O2S/c1-6(9(12)13)5-14-8-3-2-7(10)4-11-8/h2-4H,1,5,10H2,(H,12,13). The summed E-state index contributed by atoms with van der Waals surface area (Å²) in [7, 11) is 0. The molecule has 0 amide bonds. The minimum absolute atomic E-state index is 0.161. The fourth-order valence-corrected chi connectivity index (χ4v) is 1.44. The lowest BCUT2D eigenvalue weighted by Gasteiger charge is -2.00. The maximum absolute atomic E-state index is 10.4. The number of nitrogens with zero attached hydrogens (tertiary/aromatic N) is 1. The number of thioether (sulfide) groups is 1. The zero-order chi connectivity index (χ0) is 10.6. The zero-order valence-corrected chi connectivity index (χ0v) is 8.25. The molecule has 0 saturated heterocycles. The fraction of sp³-hybridized carbons (Fsp3) is 0.111. The van der Waals surface area contributed by atoms with Crippen molar-refractivity contribution in [2.45, 2.75) is 5.03 Å². The maximum atomic E-state index is 10.4. The minimum Gasteiger partial charge on any atom is -0.478 e. The van der Waals surface area contributed by atoms with Crippen molar-refractivity contribution in [3.05, 3.63) is 30.5 Å². The predicted octanol–water partition coefficient (Wildman–Crippen LogP) is 1.40. The Bertz CT molecular complexity index is 348. The third-order valence-corrected chi connectivity index (χ3v) is 2.49. The van der Waals surface area contributed by atoms with Crippen LogP contribution in [-0.4, -0.2) is 21.8 Å². The van der Waals surface area contributed by atoms with E-state index in [1.165, 1.54) is 18.0 Å². The molecule has 0 aliphatic carbocycles. The summed E-state index contributed by atoms with van der Waals surface area (Å²) in [6.45, 7) is 3.41. The first-order valence-corrected chi connectivity index (χ1v) is 4.83. The van der Waals surface area contributed by atoms with Gasteiger partial charge in [0.25, 0.3) is 0 Å². The second-order valence-electron chi connectivity index (χ2n) is 2.63. The van der Waals surface area contributed by atoms with Crippen molar-refractivity contribution in [2.24, 2.45) is 0 Å². The maximum Gasteiger partial charge on any atom is 0.331 e. The van der Waals surface area contributed by atoms with Crippen molar-refractivity contribution in [3.63, 3.8) is 0 Å². The Morgan fingerprint density at radius 3 is 2.86 bits per heavy atom. The molecule has 1 rings (SSSR count). The molecule has 0 spiro atoms. The first kappa shape index (κ1) is 10.6. The quantitative estimate of drug-likeness (QED) is 0.580. The van der Waals surface area contributed by atoms with Crippen LogP contribution in [0.5, 0.6) is 0 Å². The van der Waals surface area contributed by atoms with Crippen molar-refractivity contribution < 1.29 is 9.90 Å². The van der Waals surface area contributed by atoms with Gasteiger partial charge in [-0.25, -0.2) is 9.78 Å². The van der Waals surface area contributed by atoms with Gasteiger partial charge in [0.05, 0.1) is 16.9 Å². The summed E-state index contributed by atoms with van der Waals surface area (Å²) in [6.07, 6.45) is 1.53. The highest BCUT2D eigenvalue weighted by Crippen LogP contribution is 2.18. The number of anilines is 1. The molecule has 0 bridgehead atoms. The Labute approximate surface area is 85.8 Å². The van der Waals surface area contributed by atoms with Crippen molar-refractivity contribution in [2.75, 3.05) is 11.5 Å². The Morgan fingerprint density at radius 1 is 1.64 bits per heavy atom. The van der Waals surface area contributed by atoms with Gasteiger partial charge in [0, 0.05) is 11.3 Å². The molecule has 14 heavy (non-hydrogen) atoms. The van der Waals surface area contributed by atoms with Crippen LogP contribution in [0.2, 0.25) is 0 Å². The molecule has 0 radical (unpaired) electrons. The molecule has 0 aromatic carbocycles. The van der Waals surface area contributed by atoms with Crippen LogP contribution in [0.3, 0.4) is 0 Å². The highest BCUT2D eigenvalue weighted by atomic mass is 32.2. The summed E-state index contributed by atoms with van der Waals surface area (Å²) in [5, 5.41) is 9.29. The van der Waals surface area contributed by atoms with Gasteiger partial charge in [0.1, 0.15) is 0 Å². The molecule has 4 nitrogen and oxygen atoms in total. The van der Waals surface area contributed by atoms with E-state index in [1.807, 2.05) is 0 Å². The van der Waals surface area contributed by atoms with Gasteiger partial charge in [-0.05, 0) is 12.1 Å². The minimum atomic E-state index is -0.979. The van der Waals surface area contributed by atoms with Crippen molar-refractivity contribution in [1.82, 2.24) is 4.98 Å². The van der Waals surface area contributed by atoms with E-state index >= 15 is 0 Å². The summed E-state index contributed by atoms with van der Waals surface area (Å²) in [5.41, 5.74) is 6.20. The fourth-order valence-electron chi connectivity index (χ4n) is 0.700. The molecule has 3 N–H and O–H groups in total. The van der Waals surface area contributed by atoms with Crippen LogP contribution in [0.15, 0.2) is 35.5 Å². The van der Waals surface area contributed by atoms with E-state index in [1.54, 1.807) is 12.1 Å². The number of rotatable bonds is 4. The lowest BCUT2D eigenvalue weighted by atomic mass is 10.4. The second-order valence-corrected chi connectivity index (χ2v) is 3.62. The van der Waals surface area contributed by atoms with Crippen LogP contribution in [0.1, 0.15) is 0 Å². The molecule has 5 heteroatoms. The van der Waals surface area contributed by atoms with Crippen molar-refractivity contribution >= 4 is 23.4 Å². The molecule has 0 unspecified atom stereocenters. The summed E-state index contributed by atoms with van der Waals surface area (Å²) >= 11 is 1.32. The van der Waals surface area contributed by atoms with E-state index in [-0.39, 0.29) is 5.57 Å². The number of carboxylic acid groups (broad SMARTS) is 1. The molecule has 0 fully saturated rings. The average molecular weight is 210 g/mol. The smallest absolute Gasteiger partial charge is 0.331 e. The third kappa shape index (κ3) is 3.10. The van der Waals surface area contributed by atoms with Crippen LogP contribution < -0.4 is 5.73 Å². The van der Waals surface area contributed by atoms with Crippen LogP contribution in [0.4, 0.5) is 5.69 Å². The Morgan fingerprint density at radius 2 is 2.36 bits per heavy atom. The lowest BCUT2D eigenvalue weighted by Crippen LogP contribution is -2.01. The van der Waals surface area contributed by atoms with Crippen LogP contribution in [0.25, 0.3) is 0 Å². The Hall–Kier alpha value is -1.49. The van der Waals surface area contributed by atoms with Gasteiger partial charge >= 0.3 is 5.97 Å². The second kappa shape index (κ2) is 4.66. The van der Waals surface area contributed by atoms with Crippen LogP contribution in [0, 0.1) is 0 Å². The van der Waals surface area contributed by atoms with Gasteiger partial charge in [0.2, 0.25) is 0 Å². The first-order chi connectivity index (χ1) is 6.59. The molecule has 0 atom stereocenters. The number of carboxylic acids is 1. The average Bonchev–Trinajstić information content (AvgIpc) is 2.16. The van der Waals surface area contributed by atoms with Gasteiger partial charge in [-0.1, -0.05) is 6.58 Å². The normalized spacial score (nSPS) is 9.71. The van der Waals surface area contributed by atoms with Gasteiger partial charge in [0.15, 0.2) is 0 Å². The summed E-state index contributed by atoms with van der Waals surface area (Å²) in [4.78, 5) is 14.4.